The summed E-state index contributed by atoms with van der Waals surface area (Å²) in [5, 5.41) is 3.43. The molecule has 158 valence electrons. The first-order chi connectivity index (χ1) is 14.4. The number of quaternary nitrogens is 1. The molecule has 0 unspecified atom stereocenters. The van der Waals surface area contributed by atoms with Crippen LogP contribution in [0.5, 0.6) is 0 Å². The molecule has 1 saturated carbocycles. The molecule has 2 aliphatic heterocycles. The van der Waals surface area contributed by atoms with E-state index in [1.165, 1.54) is 4.90 Å². The van der Waals surface area contributed by atoms with E-state index in [1.807, 2.05) is 12.1 Å². The Balaban J connectivity index is 1.30. The van der Waals surface area contributed by atoms with Crippen LogP contribution in [-0.2, 0) is 14.4 Å². The minimum absolute atomic E-state index is 0.142. The second-order valence-electron chi connectivity index (χ2n) is 8.92. The third-order valence-electron chi connectivity index (χ3n) is 7.05. The molecule has 7 nitrogen and oxygen atoms in total. The monoisotopic (exact) mass is 429 g/mol. The lowest BCUT2D eigenvalue weighted by Gasteiger charge is -2.33. The van der Waals surface area contributed by atoms with Crippen LogP contribution in [-0.4, -0.2) is 62.4 Å². The Morgan fingerprint density at radius 2 is 1.77 bits per heavy atom. The average molecular weight is 430 g/mol. The molecule has 4 aliphatic rings. The number of imide groups is 1. The molecule has 2 heterocycles. The first-order valence-corrected chi connectivity index (χ1v) is 11.0. The van der Waals surface area contributed by atoms with Crippen molar-refractivity contribution in [3.63, 3.8) is 0 Å². The van der Waals surface area contributed by atoms with Gasteiger partial charge in [0.25, 0.3) is 0 Å². The lowest BCUT2D eigenvalue weighted by atomic mass is 9.85. The van der Waals surface area contributed by atoms with Gasteiger partial charge in [0.05, 0.1) is 56.4 Å². The van der Waals surface area contributed by atoms with E-state index in [-0.39, 0.29) is 47.9 Å². The number of rotatable bonds is 4. The number of amides is 3. The number of allylic oxidation sites excluding steroid dienone is 2. The van der Waals surface area contributed by atoms with Crippen LogP contribution >= 0.6 is 11.6 Å². The minimum atomic E-state index is -0.375. The summed E-state index contributed by atoms with van der Waals surface area (Å²) in [4.78, 5) is 43.4. The van der Waals surface area contributed by atoms with Crippen LogP contribution in [0.25, 0.3) is 0 Å². The second kappa shape index (κ2) is 7.39. The van der Waals surface area contributed by atoms with Crippen molar-refractivity contribution in [2.24, 2.45) is 23.7 Å². The molecule has 8 heteroatoms. The SMILES string of the molecule is C[NH+]1CCN(c2ccc(Cl)cc2NC(=O)CN2C(=O)[C@@H]3[C@H](C2=O)[C@@H]2C=C[C@H]3C2)CC1. The van der Waals surface area contributed by atoms with Crippen molar-refractivity contribution in [3.05, 3.63) is 35.4 Å². The van der Waals surface area contributed by atoms with Gasteiger partial charge in [-0.2, -0.15) is 0 Å². The molecule has 0 radical (unpaired) electrons. The van der Waals surface area contributed by atoms with Gasteiger partial charge >= 0.3 is 0 Å². The van der Waals surface area contributed by atoms with Crippen molar-refractivity contribution in [2.75, 3.05) is 50.0 Å². The summed E-state index contributed by atoms with van der Waals surface area (Å²) < 4.78 is 0. The van der Waals surface area contributed by atoms with Crippen molar-refractivity contribution in [1.29, 1.82) is 0 Å². The standard InChI is InChI=1S/C22H25ClN4O3/c1-25-6-8-26(9-7-25)17-5-4-15(23)11-16(17)24-18(28)12-27-21(29)19-13-2-3-14(10-13)20(19)22(27)30/h2-5,11,13-14,19-20H,6-10,12H2,1H3,(H,24,28)/p+1/t13-,14+,19-,20+. The smallest absolute Gasteiger partial charge is 0.244 e. The normalized spacial score (nSPS) is 30.3. The van der Waals surface area contributed by atoms with E-state index in [0.717, 1.165) is 43.2 Å². The summed E-state index contributed by atoms with van der Waals surface area (Å²) in [6.07, 6.45) is 4.98. The van der Waals surface area contributed by atoms with E-state index in [4.69, 9.17) is 11.6 Å². The topological polar surface area (TPSA) is 74.2 Å². The number of halogens is 1. The van der Waals surface area contributed by atoms with Gasteiger partial charge in [-0.25, -0.2) is 0 Å². The quantitative estimate of drug-likeness (QED) is 0.537. The van der Waals surface area contributed by atoms with Crippen LogP contribution < -0.4 is 15.1 Å². The highest BCUT2D eigenvalue weighted by Gasteiger charge is 2.59. The van der Waals surface area contributed by atoms with Crippen molar-refractivity contribution in [2.45, 2.75) is 6.42 Å². The number of piperazine rings is 1. The fraction of sp³-hybridized carbons (Fsp3) is 0.500. The molecule has 2 aliphatic carbocycles. The molecule has 30 heavy (non-hydrogen) atoms. The summed E-state index contributed by atoms with van der Waals surface area (Å²) in [5.74, 6) is -1.06. The Kier molecular flexibility index (Phi) is 4.82. The van der Waals surface area contributed by atoms with Gasteiger partial charge in [0, 0.05) is 5.02 Å². The zero-order valence-corrected chi connectivity index (χ0v) is 17.7. The van der Waals surface area contributed by atoms with E-state index in [2.05, 4.69) is 29.4 Å². The van der Waals surface area contributed by atoms with Gasteiger partial charge in [-0.15, -0.1) is 0 Å². The number of carbonyl (C=O) groups excluding carboxylic acids is 3. The van der Waals surface area contributed by atoms with Crippen LogP contribution in [0.4, 0.5) is 11.4 Å². The van der Waals surface area contributed by atoms with Crippen molar-refractivity contribution < 1.29 is 19.3 Å². The largest absolute Gasteiger partial charge is 0.359 e. The predicted octanol–water partition coefficient (Wildman–Crippen LogP) is 0.420. The molecular formula is C22H26ClN4O3+. The Labute approximate surface area is 180 Å². The summed E-state index contributed by atoms with van der Waals surface area (Å²) >= 11 is 6.18. The van der Waals surface area contributed by atoms with E-state index in [0.29, 0.717) is 10.7 Å². The second-order valence-corrected chi connectivity index (χ2v) is 9.35. The number of likely N-dealkylation sites (N-methyl/N-ethyl adjacent to an activating group) is 1. The predicted molar refractivity (Wildman–Crippen MR) is 113 cm³/mol. The summed E-state index contributed by atoms with van der Waals surface area (Å²) in [7, 11) is 2.17. The number of fused-ring (bicyclic) bond motifs is 5. The fourth-order valence-corrected chi connectivity index (χ4v) is 5.64. The number of nitrogens with one attached hydrogen (secondary N) is 2. The minimum Gasteiger partial charge on any atom is -0.359 e. The lowest BCUT2D eigenvalue weighted by molar-refractivity contribution is -0.880. The highest BCUT2D eigenvalue weighted by molar-refractivity contribution is 6.31. The average Bonchev–Trinajstić information content (AvgIpc) is 3.39. The number of hydrogen-bond donors (Lipinski definition) is 2. The maximum absolute atomic E-state index is 12.8. The molecule has 4 atom stereocenters. The Hall–Kier alpha value is -2.38. The van der Waals surface area contributed by atoms with E-state index in [1.54, 1.807) is 6.07 Å². The first kappa shape index (κ1) is 19.6. The molecule has 1 aromatic rings. The van der Waals surface area contributed by atoms with E-state index in [9.17, 15) is 14.4 Å². The van der Waals surface area contributed by atoms with Crippen LogP contribution in [0.2, 0.25) is 5.02 Å². The van der Waals surface area contributed by atoms with Gasteiger partial charge in [0.2, 0.25) is 17.7 Å². The van der Waals surface area contributed by atoms with Gasteiger partial charge < -0.3 is 15.1 Å². The van der Waals surface area contributed by atoms with Crippen molar-refractivity contribution >= 4 is 40.7 Å². The van der Waals surface area contributed by atoms with Gasteiger partial charge in [0.1, 0.15) is 6.54 Å². The van der Waals surface area contributed by atoms with Crippen LogP contribution in [0.1, 0.15) is 6.42 Å². The van der Waals surface area contributed by atoms with Gasteiger partial charge in [-0.3, -0.25) is 19.3 Å². The summed E-state index contributed by atoms with van der Waals surface area (Å²) in [5.41, 5.74) is 1.53. The molecule has 0 aromatic heterocycles. The van der Waals surface area contributed by atoms with E-state index < -0.39 is 0 Å². The van der Waals surface area contributed by atoms with Crippen LogP contribution in [0.15, 0.2) is 30.4 Å². The van der Waals surface area contributed by atoms with Gasteiger partial charge in [-0.05, 0) is 36.5 Å². The van der Waals surface area contributed by atoms with E-state index >= 15 is 0 Å². The molecule has 2 N–H and O–H groups in total. The Morgan fingerprint density at radius 1 is 1.13 bits per heavy atom. The number of nitrogens with zero attached hydrogens (tertiary/aromatic N) is 2. The number of anilines is 2. The number of hydrogen-bond acceptors (Lipinski definition) is 4. The lowest BCUT2D eigenvalue weighted by Crippen LogP contribution is -3.12. The molecule has 2 bridgehead atoms. The molecule has 5 rings (SSSR count). The summed E-state index contributed by atoms with van der Waals surface area (Å²) in [6.45, 7) is 3.57. The highest BCUT2D eigenvalue weighted by atomic mass is 35.5. The van der Waals surface area contributed by atoms with Crippen molar-refractivity contribution in [1.82, 2.24) is 4.90 Å². The number of benzene rings is 1. The van der Waals surface area contributed by atoms with Crippen LogP contribution in [0.3, 0.4) is 0 Å². The fourth-order valence-electron chi connectivity index (χ4n) is 5.47. The van der Waals surface area contributed by atoms with Crippen molar-refractivity contribution in [3.8, 4) is 0 Å². The maximum atomic E-state index is 12.8. The van der Waals surface area contributed by atoms with Crippen LogP contribution in [0, 0.1) is 23.7 Å². The highest BCUT2D eigenvalue weighted by Crippen LogP contribution is 2.52. The maximum Gasteiger partial charge on any atom is 0.244 e. The Morgan fingerprint density at radius 3 is 2.40 bits per heavy atom. The number of likely N-dealkylation sites (tertiary alicyclic amines) is 1. The van der Waals surface area contributed by atoms with Gasteiger partial charge in [-0.1, -0.05) is 23.8 Å². The zero-order valence-electron chi connectivity index (χ0n) is 16.9. The first-order valence-electron chi connectivity index (χ1n) is 10.6. The molecule has 1 aromatic carbocycles. The molecule has 2 saturated heterocycles. The Bertz CT molecular complexity index is 910. The van der Waals surface area contributed by atoms with Gasteiger partial charge in [0.15, 0.2) is 0 Å². The molecule has 3 amide bonds. The molecular weight excluding hydrogens is 404 g/mol. The molecule has 3 fully saturated rings. The zero-order chi connectivity index (χ0) is 21.0. The number of carbonyl (C=O) groups is 3. The third kappa shape index (κ3) is 3.20. The summed E-state index contributed by atoms with van der Waals surface area (Å²) in [6, 6.07) is 5.46. The third-order valence-corrected chi connectivity index (χ3v) is 7.29. The molecule has 0 spiro atoms.